The van der Waals surface area contributed by atoms with Crippen LogP contribution in [0.5, 0.6) is 0 Å². The van der Waals surface area contributed by atoms with E-state index >= 15 is 0 Å². The van der Waals surface area contributed by atoms with Crippen molar-refractivity contribution in [2.45, 2.75) is 45.6 Å². The van der Waals surface area contributed by atoms with Gasteiger partial charge in [-0.3, -0.25) is 4.79 Å². The van der Waals surface area contributed by atoms with Crippen molar-refractivity contribution in [2.24, 2.45) is 5.92 Å². The fourth-order valence-corrected chi connectivity index (χ4v) is 2.28. The van der Waals surface area contributed by atoms with Crippen LogP contribution >= 0.6 is 0 Å². The number of nitrogens with zero attached hydrogens (tertiary/aromatic N) is 1. The molecular weight excluding hydrogens is 220 g/mol. The van der Waals surface area contributed by atoms with Gasteiger partial charge in [-0.05, 0) is 25.7 Å². The van der Waals surface area contributed by atoms with Crippen LogP contribution in [0.4, 0.5) is 4.79 Å². The molecule has 2 unspecified atom stereocenters. The van der Waals surface area contributed by atoms with Gasteiger partial charge in [-0.25, -0.2) is 4.79 Å². The average molecular weight is 242 g/mol. The van der Waals surface area contributed by atoms with E-state index in [-0.39, 0.29) is 18.5 Å². The van der Waals surface area contributed by atoms with Crippen molar-refractivity contribution in [1.29, 1.82) is 0 Å². The summed E-state index contributed by atoms with van der Waals surface area (Å²) in [5.41, 5.74) is 0. The van der Waals surface area contributed by atoms with Crippen LogP contribution in [0.2, 0.25) is 0 Å². The standard InChI is InChI=1S/C12H22N2O3/c1-3-4-10-5-6-14(8-10)12(17)13-9(2)7-11(15)16/h9-10H,3-8H2,1-2H3,(H,13,17)(H,15,16). The molecule has 0 spiro atoms. The van der Waals surface area contributed by atoms with Gasteiger partial charge >= 0.3 is 12.0 Å². The Bertz CT molecular complexity index is 281. The van der Waals surface area contributed by atoms with Crippen molar-refractivity contribution in [2.75, 3.05) is 13.1 Å². The number of hydrogen-bond acceptors (Lipinski definition) is 2. The summed E-state index contributed by atoms with van der Waals surface area (Å²) >= 11 is 0. The van der Waals surface area contributed by atoms with Crippen molar-refractivity contribution in [3.8, 4) is 0 Å². The number of urea groups is 1. The SMILES string of the molecule is CCCC1CCN(C(=O)NC(C)CC(=O)O)C1. The molecular formula is C12H22N2O3. The molecule has 1 fully saturated rings. The quantitative estimate of drug-likeness (QED) is 0.770. The van der Waals surface area contributed by atoms with Crippen LogP contribution in [0.15, 0.2) is 0 Å². The van der Waals surface area contributed by atoms with Crippen LogP contribution < -0.4 is 5.32 Å². The van der Waals surface area contributed by atoms with Crippen LogP contribution in [0.3, 0.4) is 0 Å². The Kier molecular flexibility index (Phi) is 5.25. The topological polar surface area (TPSA) is 69.6 Å². The molecule has 0 aromatic rings. The number of aliphatic carboxylic acids is 1. The van der Waals surface area contributed by atoms with Crippen molar-refractivity contribution in [3.05, 3.63) is 0 Å². The Balaban J connectivity index is 2.31. The molecule has 98 valence electrons. The third kappa shape index (κ3) is 4.63. The van der Waals surface area contributed by atoms with Crippen LogP contribution in [0, 0.1) is 5.92 Å². The zero-order valence-corrected chi connectivity index (χ0v) is 10.6. The largest absolute Gasteiger partial charge is 0.481 e. The number of carbonyl (C=O) groups excluding carboxylic acids is 1. The highest BCUT2D eigenvalue weighted by molar-refractivity contribution is 5.76. The molecule has 0 aromatic heterocycles. The average Bonchev–Trinajstić information content (AvgIpc) is 2.65. The Morgan fingerprint density at radius 3 is 2.82 bits per heavy atom. The predicted molar refractivity (Wildman–Crippen MR) is 64.8 cm³/mol. The lowest BCUT2D eigenvalue weighted by Gasteiger charge is -2.20. The zero-order valence-electron chi connectivity index (χ0n) is 10.6. The first-order valence-corrected chi connectivity index (χ1v) is 6.30. The fraction of sp³-hybridized carbons (Fsp3) is 0.833. The lowest BCUT2D eigenvalue weighted by Crippen LogP contribution is -2.43. The molecule has 0 radical (unpaired) electrons. The Morgan fingerprint density at radius 2 is 2.24 bits per heavy atom. The van der Waals surface area contributed by atoms with Gasteiger partial charge in [0.05, 0.1) is 6.42 Å². The second-order valence-electron chi connectivity index (χ2n) is 4.84. The minimum atomic E-state index is -0.886. The molecule has 5 heteroatoms. The summed E-state index contributed by atoms with van der Waals surface area (Å²) in [6.45, 7) is 5.46. The maximum Gasteiger partial charge on any atom is 0.317 e. The molecule has 5 nitrogen and oxygen atoms in total. The summed E-state index contributed by atoms with van der Waals surface area (Å²) in [4.78, 5) is 24.1. The van der Waals surface area contributed by atoms with Gasteiger partial charge in [0, 0.05) is 19.1 Å². The van der Waals surface area contributed by atoms with Gasteiger partial charge in [0.15, 0.2) is 0 Å². The number of carbonyl (C=O) groups is 2. The van der Waals surface area contributed by atoms with Crippen LogP contribution in [0.25, 0.3) is 0 Å². The summed E-state index contributed by atoms with van der Waals surface area (Å²) < 4.78 is 0. The summed E-state index contributed by atoms with van der Waals surface area (Å²) in [6.07, 6.45) is 3.34. The van der Waals surface area contributed by atoms with Gasteiger partial charge in [-0.2, -0.15) is 0 Å². The minimum absolute atomic E-state index is 0.0298. The number of likely N-dealkylation sites (tertiary alicyclic amines) is 1. The molecule has 1 aliphatic rings. The van der Waals surface area contributed by atoms with Crippen LogP contribution in [-0.2, 0) is 4.79 Å². The van der Waals surface area contributed by atoms with Gasteiger partial charge in [0.2, 0.25) is 0 Å². The highest BCUT2D eigenvalue weighted by Crippen LogP contribution is 2.20. The third-order valence-corrected chi connectivity index (χ3v) is 3.12. The molecule has 2 N–H and O–H groups in total. The number of hydrogen-bond donors (Lipinski definition) is 2. The van der Waals surface area contributed by atoms with E-state index in [1.807, 2.05) is 0 Å². The predicted octanol–water partition coefficient (Wildman–Crippen LogP) is 1.68. The first kappa shape index (κ1) is 13.8. The molecule has 17 heavy (non-hydrogen) atoms. The zero-order chi connectivity index (χ0) is 12.8. The van der Waals surface area contributed by atoms with Gasteiger partial charge < -0.3 is 15.3 Å². The molecule has 1 rings (SSSR count). The second kappa shape index (κ2) is 6.47. The lowest BCUT2D eigenvalue weighted by atomic mass is 10.0. The first-order valence-electron chi connectivity index (χ1n) is 6.30. The summed E-state index contributed by atoms with van der Waals surface area (Å²) in [7, 11) is 0. The molecule has 2 amide bonds. The van der Waals surface area contributed by atoms with E-state index in [9.17, 15) is 9.59 Å². The number of carboxylic acid groups (broad SMARTS) is 1. The molecule has 1 heterocycles. The first-order chi connectivity index (χ1) is 8.02. The van der Waals surface area contributed by atoms with Gasteiger partial charge in [0.25, 0.3) is 0 Å². The Labute approximate surface area is 102 Å². The Morgan fingerprint density at radius 1 is 1.53 bits per heavy atom. The summed E-state index contributed by atoms with van der Waals surface area (Å²) in [5.74, 6) is -0.274. The molecule has 2 atom stereocenters. The molecule has 1 aliphatic heterocycles. The summed E-state index contributed by atoms with van der Waals surface area (Å²) in [6, 6.07) is -0.442. The number of amides is 2. The second-order valence-corrected chi connectivity index (χ2v) is 4.84. The highest BCUT2D eigenvalue weighted by atomic mass is 16.4. The van der Waals surface area contributed by atoms with Gasteiger partial charge in [-0.1, -0.05) is 13.3 Å². The number of carboxylic acids is 1. The normalized spacial score (nSPS) is 21.3. The van der Waals surface area contributed by atoms with Gasteiger partial charge in [0.1, 0.15) is 0 Å². The Hall–Kier alpha value is -1.26. The maximum atomic E-state index is 11.8. The number of rotatable bonds is 5. The van der Waals surface area contributed by atoms with Crippen molar-refractivity contribution in [1.82, 2.24) is 10.2 Å². The van der Waals surface area contributed by atoms with Crippen molar-refractivity contribution in [3.63, 3.8) is 0 Å². The van der Waals surface area contributed by atoms with E-state index in [0.29, 0.717) is 5.92 Å². The maximum absolute atomic E-state index is 11.8. The van der Waals surface area contributed by atoms with Crippen LogP contribution in [-0.4, -0.2) is 41.1 Å². The monoisotopic (exact) mass is 242 g/mol. The molecule has 0 aromatic carbocycles. The van der Waals surface area contributed by atoms with Gasteiger partial charge in [-0.15, -0.1) is 0 Å². The molecule has 0 saturated carbocycles. The highest BCUT2D eigenvalue weighted by Gasteiger charge is 2.26. The van der Waals surface area contributed by atoms with E-state index in [2.05, 4.69) is 12.2 Å². The van der Waals surface area contributed by atoms with Crippen molar-refractivity contribution < 1.29 is 14.7 Å². The minimum Gasteiger partial charge on any atom is -0.481 e. The summed E-state index contributed by atoms with van der Waals surface area (Å²) in [5, 5.41) is 11.3. The van der Waals surface area contributed by atoms with E-state index in [1.54, 1.807) is 11.8 Å². The number of nitrogens with one attached hydrogen (secondary N) is 1. The molecule has 0 bridgehead atoms. The van der Waals surface area contributed by atoms with E-state index in [4.69, 9.17) is 5.11 Å². The smallest absolute Gasteiger partial charge is 0.317 e. The van der Waals surface area contributed by atoms with E-state index in [1.165, 1.54) is 0 Å². The lowest BCUT2D eigenvalue weighted by molar-refractivity contribution is -0.137. The van der Waals surface area contributed by atoms with Crippen molar-refractivity contribution >= 4 is 12.0 Å². The molecule has 1 saturated heterocycles. The van der Waals surface area contributed by atoms with E-state index in [0.717, 1.165) is 32.4 Å². The van der Waals surface area contributed by atoms with E-state index < -0.39 is 5.97 Å². The molecule has 0 aliphatic carbocycles. The fourth-order valence-electron chi connectivity index (χ4n) is 2.28. The van der Waals surface area contributed by atoms with Crippen LogP contribution in [0.1, 0.15) is 39.5 Å². The third-order valence-electron chi connectivity index (χ3n) is 3.12.